The Morgan fingerprint density at radius 3 is 2.68 bits per heavy atom. The molecule has 0 aliphatic heterocycles. The van der Waals surface area contributed by atoms with Gasteiger partial charge in [0.05, 0.1) is 9.50 Å². The summed E-state index contributed by atoms with van der Waals surface area (Å²) in [6.45, 7) is 1.95. The summed E-state index contributed by atoms with van der Waals surface area (Å²) in [6, 6.07) is 12.7. The summed E-state index contributed by atoms with van der Waals surface area (Å²) in [5, 5.41) is 0.444. The monoisotopic (exact) mass is 338 g/mol. The van der Waals surface area contributed by atoms with Crippen molar-refractivity contribution in [2.45, 2.75) is 6.92 Å². The molecule has 0 amide bonds. The number of benzene rings is 2. The van der Waals surface area contributed by atoms with E-state index in [9.17, 15) is 4.79 Å². The molecule has 0 N–H and O–H groups in total. The fourth-order valence-corrected chi connectivity index (χ4v) is 2.48. The molecule has 2 rings (SSSR count). The lowest BCUT2D eigenvalue weighted by molar-refractivity contribution is 0.0921. The van der Waals surface area contributed by atoms with Crippen LogP contribution in [0.25, 0.3) is 0 Å². The highest BCUT2D eigenvalue weighted by Crippen LogP contribution is 2.26. The summed E-state index contributed by atoms with van der Waals surface area (Å²) in [4.78, 5) is 12.0. The molecule has 0 bridgehead atoms. The summed E-state index contributed by atoms with van der Waals surface area (Å²) in [5.74, 6) is 0.504. The van der Waals surface area contributed by atoms with Gasteiger partial charge in [-0.05, 0) is 52.7 Å². The van der Waals surface area contributed by atoms with E-state index in [0.29, 0.717) is 16.3 Å². The van der Waals surface area contributed by atoms with Gasteiger partial charge in [-0.3, -0.25) is 4.79 Å². The Bertz CT molecular complexity index is 611. The quantitative estimate of drug-likeness (QED) is 0.757. The predicted octanol–water partition coefficient (Wildman–Crippen LogP) is 4.67. The zero-order valence-electron chi connectivity index (χ0n) is 10.3. The molecule has 0 unspecified atom stereocenters. The first-order valence-corrected chi connectivity index (χ1v) is 6.91. The second kappa shape index (κ2) is 6.22. The average Bonchev–Trinajstić information content (AvgIpc) is 2.38. The van der Waals surface area contributed by atoms with Crippen LogP contribution >= 0.6 is 27.5 Å². The highest BCUT2D eigenvalue weighted by Gasteiger charge is 2.11. The van der Waals surface area contributed by atoms with Crippen LogP contribution in [0.4, 0.5) is 0 Å². The molecule has 0 spiro atoms. The van der Waals surface area contributed by atoms with E-state index >= 15 is 0 Å². The van der Waals surface area contributed by atoms with E-state index in [2.05, 4.69) is 15.9 Å². The Kier molecular flexibility index (Phi) is 4.61. The van der Waals surface area contributed by atoms with Crippen molar-refractivity contribution in [2.75, 3.05) is 6.61 Å². The van der Waals surface area contributed by atoms with Crippen LogP contribution in [-0.2, 0) is 0 Å². The number of carbonyl (C=O) groups is 1. The molecule has 0 saturated heterocycles. The molecular weight excluding hydrogens is 328 g/mol. The Balaban J connectivity index is 2.07. The highest BCUT2D eigenvalue weighted by molar-refractivity contribution is 9.10. The van der Waals surface area contributed by atoms with Crippen LogP contribution in [0.3, 0.4) is 0 Å². The topological polar surface area (TPSA) is 26.3 Å². The third kappa shape index (κ3) is 3.58. The molecule has 0 radical (unpaired) electrons. The average molecular weight is 340 g/mol. The maximum atomic E-state index is 12.0. The van der Waals surface area contributed by atoms with Crippen LogP contribution in [0.2, 0.25) is 5.02 Å². The number of carbonyl (C=O) groups excluding carboxylic acids is 1. The summed E-state index contributed by atoms with van der Waals surface area (Å²) < 4.78 is 6.34. The van der Waals surface area contributed by atoms with E-state index in [1.54, 1.807) is 24.3 Å². The van der Waals surface area contributed by atoms with Crippen molar-refractivity contribution in [2.24, 2.45) is 0 Å². The number of ether oxygens (including phenoxy) is 1. The van der Waals surface area contributed by atoms with E-state index in [1.165, 1.54) is 0 Å². The second-order valence-electron chi connectivity index (χ2n) is 4.13. The highest BCUT2D eigenvalue weighted by atomic mass is 79.9. The largest absolute Gasteiger partial charge is 0.484 e. The lowest BCUT2D eigenvalue weighted by Crippen LogP contribution is -2.12. The number of rotatable bonds is 4. The van der Waals surface area contributed by atoms with E-state index in [-0.39, 0.29) is 12.4 Å². The van der Waals surface area contributed by atoms with Gasteiger partial charge in [0.15, 0.2) is 6.61 Å². The minimum atomic E-state index is -0.141. The Hall–Kier alpha value is -1.32. The number of ketones is 1. The summed E-state index contributed by atoms with van der Waals surface area (Å²) >= 11 is 9.37. The van der Waals surface area contributed by atoms with Crippen LogP contribution in [-0.4, -0.2) is 12.4 Å². The molecule has 2 aromatic rings. The fourth-order valence-electron chi connectivity index (χ4n) is 1.63. The van der Waals surface area contributed by atoms with Gasteiger partial charge in [0, 0.05) is 5.56 Å². The van der Waals surface area contributed by atoms with Crippen LogP contribution in [0.5, 0.6) is 5.75 Å². The Labute approximate surface area is 125 Å². The van der Waals surface area contributed by atoms with Crippen LogP contribution < -0.4 is 4.74 Å². The van der Waals surface area contributed by atoms with Crippen molar-refractivity contribution < 1.29 is 9.53 Å². The smallest absolute Gasteiger partial charge is 0.201 e. The van der Waals surface area contributed by atoms with Gasteiger partial charge < -0.3 is 4.74 Å². The van der Waals surface area contributed by atoms with Gasteiger partial charge in [-0.15, -0.1) is 0 Å². The van der Waals surface area contributed by atoms with E-state index < -0.39 is 0 Å². The number of hydrogen-bond acceptors (Lipinski definition) is 2. The molecule has 0 heterocycles. The van der Waals surface area contributed by atoms with E-state index in [4.69, 9.17) is 16.3 Å². The fraction of sp³-hybridized carbons (Fsp3) is 0.133. The summed E-state index contributed by atoms with van der Waals surface area (Å²) in [7, 11) is 0. The van der Waals surface area contributed by atoms with Crippen LogP contribution in [0.1, 0.15) is 15.9 Å². The molecule has 4 heteroatoms. The number of halogens is 2. The molecule has 0 aromatic heterocycles. The minimum absolute atomic E-state index is 0.0363. The summed E-state index contributed by atoms with van der Waals surface area (Å²) in [6.07, 6.45) is 0. The molecule has 0 aliphatic rings. The number of Topliss-reactive ketones (excluding diaryl/α,β-unsaturated/α-hetero) is 1. The maximum Gasteiger partial charge on any atom is 0.201 e. The predicted molar refractivity (Wildman–Crippen MR) is 80.2 cm³/mol. The second-order valence-corrected chi connectivity index (χ2v) is 5.39. The zero-order chi connectivity index (χ0) is 13.8. The molecule has 0 fully saturated rings. The Morgan fingerprint density at radius 1 is 1.26 bits per heavy atom. The van der Waals surface area contributed by atoms with Gasteiger partial charge in [-0.1, -0.05) is 29.8 Å². The van der Waals surface area contributed by atoms with Gasteiger partial charge in [-0.25, -0.2) is 0 Å². The van der Waals surface area contributed by atoms with E-state index in [1.807, 2.05) is 25.1 Å². The zero-order valence-corrected chi connectivity index (χ0v) is 12.7. The number of hydrogen-bond donors (Lipinski definition) is 0. The molecule has 98 valence electrons. The lowest BCUT2D eigenvalue weighted by atomic mass is 10.1. The van der Waals surface area contributed by atoms with Gasteiger partial charge in [0.25, 0.3) is 0 Å². The first kappa shape index (κ1) is 14.1. The van der Waals surface area contributed by atoms with E-state index in [0.717, 1.165) is 10.0 Å². The summed E-state index contributed by atoms with van der Waals surface area (Å²) in [5.41, 5.74) is 1.60. The molecule has 2 aromatic carbocycles. The van der Waals surface area contributed by atoms with Crippen molar-refractivity contribution in [3.05, 3.63) is 63.1 Å². The molecule has 19 heavy (non-hydrogen) atoms. The standard InChI is InChI=1S/C15H12BrClO2/c1-10-6-7-15(12(16)8-10)19-9-14(18)11-4-2-3-5-13(11)17/h2-8H,9H2,1H3. The minimum Gasteiger partial charge on any atom is -0.484 e. The number of aryl methyl sites for hydroxylation is 1. The molecule has 2 nitrogen and oxygen atoms in total. The van der Waals surface area contributed by atoms with Crippen molar-refractivity contribution >= 4 is 33.3 Å². The molecule has 0 aliphatic carbocycles. The van der Waals surface area contributed by atoms with Crippen molar-refractivity contribution in [3.63, 3.8) is 0 Å². The van der Waals surface area contributed by atoms with Gasteiger partial charge in [0.1, 0.15) is 5.75 Å². The first-order valence-electron chi connectivity index (χ1n) is 5.74. The third-order valence-electron chi connectivity index (χ3n) is 2.62. The lowest BCUT2D eigenvalue weighted by Gasteiger charge is -2.08. The molecule has 0 saturated carbocycles. The normalized spacial score (nSPS) is 10.3. The van der Waals surface area contributed by atoms with Gasteiger partial charge in [-0.2, -0.15) is 0 Å². The van der Waals surface area contributed by atoms with Gasteiger partial charge >= 0.3 is 0 Å². The maximum absolute atomic E-state index is 12.0. The third-order valence-corrected chi connectivity index (χ3v) is 3.57. The van der Waals surface area contributed by atoms with Crippen molar-refractivity contribution in [1.29, 1.82) is 0 Å². The van der Waals surface area contributed by atoms with Gasteiger partial charge in [0.2, 0.25) is 5.78 Å². The van der Waals surface area contributed by atoms with Crippen LogP contribution in [0, 0.1) is 6.92 Å². The van der Waals surface area contributed by atoms with Crippen LogP contribution in [0.15, 0.2) is 46.9 Å². The van der Waals surface area contributed by atoms with Crippen molar-refractivity contribution in [3.8, 4) is 5.75 Å². The Morgan fingerprint density at radius 2 is 2.00 bits per heavy atom. The SMILES string of the molecule is Cc1ccc(OCC(=O)c2ccccc2Cl)c(Br)c1. The first-order chi connectivity index (χ1) is 9.08. The molecule has 0 atom stereocenters. The molecular formula is C15H12BrClO2. The van der Waals surface area contributed by atoms with Crippen molar-refractivity contribution in [1.82, 2.24) is 0 Å².